The zero-order valence-electron chi connectivity index (χ0n) is 22.1. The normalized spacial score (nSPS) is 19.5. The fraction of sp³-hybridized carbons (Fsp3) is 0.931. The average Bonchev–Trinajstić information content (AvgIpc) is 2.79. The van der Waals surface area contributed by atoms with E-state index in [-0.39, 0.29) is 12.1 Å². The van der Waals surface area contributed by atoms with Gasteiger partial charge in [0.1, 0.15) is 6.10 Å². The van der Waals surface area contributed by atoms with Crippen molar-refractivity contribution in [2.45, 2.75) is 155 Å². The van der Waals surface area contributed by atoms with Crippen LogP contribution in [0.3, 0.4) is 0 Å². The maximum Gasteiger partial charge on any atom is 0.310 e. The Balaban J connectivity index is 2.15. The number of rotatable bonds is 20. The molecule has 1 aliphatic rings. The van der Waals surface area contributed by atoms with E-state index in [1.54, 1.807) is 0 Å². The monoisotopic (exact) mass is 466 g/mol. The van der Waals surface area contributed by atoms with Gasteiger partial charge in [0.15, 0.2) is 0 Å². The predicted molar refractivity (Wildman–Crippen MR) is 137 cm³/mol. The first-order valence-corrected chi connectivity index (χ1v) is 14.4. The van der Waals surface area contributed by atoms with Crippen molar-refractivity contribution in [2.24, 2.45) is 17.8 Å². The summed E-state index contributed by atoms with van der Waals surface area (Å²) in [7, 11) is 0. The van der Waals surface area contributed by atoms with Gasteiger partial charge in [0.2, 0.25) is 0 Å². The minimum Gasteiger partial charge on any atom is -0.481 e. The number of unbranched alkanes of at least 4 members (excludes halogenated alkanes) is 11. The van der Waals surface area contributed by atoms with Crippen molar-refractivity contribution in [1.82, 2.24) is 0 Å². The summed E-state index contributed by atoms with van der Waals surface area (Å²) in [5.74, 6) is -1.26. The minimum absolute atomic E-state index is 0.0375. The van der Waals surface area contributed by atoms with E-state index in [1.807, 2.05) is 0 Å². The molecule has 33 heavy (non-hydrogen) atoms. The van der Waals surface area contributed by atoms with Crippen LogP contribution in [0.2, 0.25) is 0 Å². The Labute approximate surface area is 204 Å². The van der Waals surface area contributed by atoms with Crippen molar-refractivity contribution in [3.63, 3.8) is 0 Å². The molecule has 0 aromatic carbocycles. The summed E-state index contributed by atoms with van der Waals surface area (Å²) in [5, 5.41) is 9.47. The first kappa shape index (κ1) is 30.0. The predicted octanol–water partition coefficient (Wildman–Crippen LogP) is 8.71. The molecule has 194 valence electrons. The fourth-order valence-electron chi connectivity index (χ4n) is 5.17. The number of aliphatic carboxylic acids is 1. The Morgan fingerprint density at radius 2 is 1.18 bits per heavy atom. The van der Waals surface area contributed by atoms with E-state index in [0.29, 0.717) is 12.8 Å². The van der Waals surface area contributed by atoms with E-state index in [2.05, 4.69) is 20.8 Å². The summed E-state index contributed by atoms with van der Waals surface area (Å²) in [6.45, 7) is 6.78. The number of esters is 1. The number of carbonyl (C=O) groups excluding carboxylic acids is 1. The van der Waals surface area contributed by atoms with Crippen LogP contribution >= 0.6 is 0 Å². The molecule has 1 fully saturated rings. The lowest BCUT2D eigenvalue weighted by Crippen LogP contribution is -2.35. The van der Waals surface area contributed by atoms with Crippen LogP contribution in [0, 0.1) is 17.8 Å². The van der Waals surface area contributed by atoms with Crippen LogP contribution in [-0.2, 0) is 14.3 Å². The molecule has 0 spiro atoms. The summed E-state index contributed by atoms with van der Waals surface area (Å²) in [6, 6.07) is 0. The number of ether oxygens (including phenoxy) is 1. The lowest BCUT2D eigenvalue weighted by Gasteiger charge is -2.28. The number of carbonyl (C=O) groups is 2. The van der Waals surface area contributed by atoms with E-state index < -0.39 is 17.8 Å². The molecule has 0 aliphatic heterocycles. The van der Waals surface area contributed by atoms with Crippen molar-refractivity contribution in [2.75, 3.05) is 0 Å². The molecular formula is C29H54O4. The van der Waals surface area contributed by atoms with Gasteiger partial charge in [0.25, 0.3) is 0 Å². The lowest BCUT2D eigenvalue weighted by molar-refractivity contribution is -0.164. The highest BCUT2D eigenvalue weighted by Gasteiger charge is 2.37. The maximum atomic E-state index is 12.7. The van der Waals surface area contributed by atoms with Crippen molar-refractivity contribution < 1.29 is 19.4 Å². The molecule has 0 aromatic rings. The van der Waals surface area contributed by atoms with Crippen molar-refractivity contribution in [3.05, 3.63) is 0 Å². The highest BCUT2D eigenvalue weighted by Crippen LogP contribution is 2.32. The number of carboxylic acid groups (broad SMARTS) is 1. The van der Waals surface area contributed by atoms with Crippen LogP contribution in [-0.4, -0.2) is 23.1 Å². The molecule has 0 heterocycles. The molecular weight excluding hydrogens is 412 g/mol. The molecule has 3 atom stereocenters. The Hall–Kier alpha value is -1.06. The third kappa shape index (κ3) is 14.7. The van der Waals surface area contributed by atoms with Crippen molar-refractivity contribution in [1.29, 1.82) is 0 Å². The van der Waals surface area contributed by atoms with Crippen LogP contribution in [0.15, 0.2) is 0 Å². The second-order valence-electron chi connectivity index (χ2n) is 10.9. The molecule has 4 nitrogen and oxygen atoms in total. The molecule has 3 unspecified atom stereocenters. The van der Waals surface area contributed by atoms with E-state index >= 15 is 0 Å². The molecule has 1 rings (SSSR count). The van der Waals surface area contributed by atoms with Gasteiger partial charge in [0.05, 0.1) is 11.8 Å². The molecule has 1 N–H and O–H groups in total. The highest BCUT2D eigenvalue weighted by atomic mass is 16.5. The van der Waals surface area contributed by atoms with Gasteiger partial charge in [-0.15, -0.1) is 0 Å². The summed E-state index contributed by atoms with van der Waals surface area (Å²) in [4.78, 5) is 24.3. The zero-order valence-corrected chi connectivity index (χ0v) is 22.1. The summed E-state index contributed by atoms with van der Waals surface area (Å²) < 4.78 is 5.88. The Bertz CT molecular complexity index is 502. The lowest BCUT2D eigenvalue weighted by atomic mass is 9.79. The highest BCUT2D eigenvalue weighted by molar-refractivity contribution is 5.81. The van der Waals surface area contributed by atoms with Crippen molar-refractivity contribution >= 4 is 11.9 Å². The zero-order chi connectivity index (χ0) is 24.3. The van der Waals surface area contributed by atoms with E-state index in [1.165, 1.54) is 70.6 Å². The number of hydrogen-bond donors (Lipinski definition) is 1. The van der Waals surface area contributed by atoms with Crippen LogP contribution < -0.4 is 0 Å². The largest absolute Gasteiger partial charge is 0.481 e. The van der Waals surface area contributed by atoms with Crippen LogP contribution in [0.25, 0.3) is 0 Å². The third-order valence-electron chi connectivity index (χ3n) is 7.36. The molecule has 0 amide bonds. The molecule has 0 aromatic heterocycles. The van der Waals surface area contributed by atoms with Crippen LogP contribution in [0.4, 0.5) is 0 Å². The quantitative estimate of drug-likeness (QED) is 0.144. The summed E-state index contributed by atoms with van der Waals surface area (Å²) in [6.07, 6.45) is 23.0. The van der Waals surface area contributed by atoms with Gasteiger partial charge in [-0.2, -0.15) is 0 Å². The van der Waals surface area contributed by atoms with Gasteiger partial charge >= 0.3 is 11.9 Å². The fourth-order valence-corrected chi connectivity index (χ4v) is 5.17. The molecule has 4 heteroatoms. The smallest absolute Gasteiger partial charge is 0.310 e. The van der Waals surface area contributed by atoms with Gasteiger partial charge in [-0.05, 0) is 38.0 Å². The maximum absolute atomic E-state index is 12.7. The van der Waals surface area contributed by atoms with E-state index in [4.69, 9.17) is 4.74 Å². The number of hydrogen-bond acceptors (Lipinski definition) is 3. The standard InChI is InChI=1S/C29H54O4/c1-4-5-20-25(33-29(32)27-23-18-17-22-26(27)28(30)31)21-16-14-12-10-8-6-7-9-11-13-15-19-24(2)3/h24-27H,4-23H2,1-3H3,(H,30,31). The van der Waals surface area contributed by atoms with E-state index in [0.717, 1.165) is 50.9 Å². The van der Waals surface area contributed by atoms with Gasteiger partial charge in [-0.25, -0.2) is 0 Å². The van der Waals surface area contributed by atoms with Crippen LogP contribution in [0.1, 0.15) is 149 Å². The molecule has 0 bridgehead atoms. The molecule has 1 saturated carbocycles. The Morgan fingerprint density at radius 1 is 0.727 bits per heavy atom. The number of carboxylic acids is 1. The third-order valence-corrected chi connectivity index (χ3v) is 7.36. The average molecular weight is 467 g/mol. The van der Waals surface area contributed by atoms with Crippen molar-refractivity contribution in [3.8, 4) is 0 Å². The summed E-state index contributed by atoms with van der Waals surface area (Å²) >= 11 is 0. The molecule has 0 radical (unpaired) electrons. The Morgan fingerprint density at radius 3 is 1.67 bits per heavy atom. The topological polar surface area (TPSA) is 63.6 Å². The summed E-state index contributed by atoms with van der Waals surface area (Å²) in [5.41, 5.74) is 0. The second kappa shape index (κ2) is 19.3. The van der Waals surface area contributed by atoms with Gasteiger partial charge < -0.3 is 9.84 Å². The first-order chi connectivity index (χ1) is 16.0. The molecule has 0 saturated heterocycles. The van der Waals surface area contributed by atoms with Gasteiger partial charge in [0, 0.05) is 0 Å². The van der Waals surface area contributed by atoms with Gasteiger partial charge in [-0.3, -0.25) is 9.59 Å². The van der Waals surface area contributed by atoms with Crippen LogP contribution in [0.5, 0.6) is 0 Å². The Kier molecular flexibility index (Phi) is 17.5. The van der Waals surface area contributed by atoms with Gasteiger partial charge in [-0.1, -0.05) is 117 Å². The molecule has 1 aliphatic carbocycles. The van der Waals surface area contributed by atoms with E-state index in [9.17, 15) is 14.7 Å². The first-order valence-electron chi connectivity index (χ1n) is 14.4. The SMILES string of the molecule is CCCCC(CCCCCCCCCCCCCC(C)C)OC(=O)C1CCCCC1C(=O)O. The minimum atomic E-state index is -0.840. The second-order valence-corrected chi connectivity index (χ2v) is 10.9.